The molecule has 0 saturated carbocycles. The van der Waals surface area contributed by atoms with E-state index in [0.717, 1.165) is 42.9 Å². The molecule has 0 aliphatic carbocycles. The Labute approximate surface area is 135 Å². The molecule has 0 bridgehead atoms. The third-order valence-corrected chi connectivity index (χ3v) is 4.55. The molecule has 116 valence electrons. The lowest BCUT2D eigenvalue weighted by Gasteiger charge is -2.33. The van der Waals surface area contributed by atoms with Gasteiger partial charge in [0.25, 0.3) is 0 Å². The topological polar surface area (TPSA) is 49.0 Å². The van der Waals surface area contributed by atoms with Crippen molar-refractivity contribution < 1.29 is 4.79 Å². The highest BCUT2D eigenvalue weighted by Gasteiger charge is 2.24. The number of halogens is 1. The molecule has 0 unspecified atom stereocenters. The lowest BCUT2D eigenvalue weighted by molar-refractivity contribution is -0.132. The first-order valence-electron chi connectivity index (χ1n) is 7.73. The summed E-state index contributed by atoms with van der Waals surface area (Å²) >= 11 is 5.95. The van der Waals surface area contributed by atoms with Crippen molar-refractivity contribution in [3.63, 3.8) is 0 Å². The van der Waals surface area contributed by atoms with E-state index in [1.165, 1.54) is 5.56 Å². The van der Waals surface area contributed by atoms with Gasteiger partial charge in [-0.25, -0.2) is 0 Å². The maximum atomic E-state index is 12.4. The second-order valence-corrected chi connectivity index (χ2v) is 6.27. The van der Waals surface area contributed by atoms with Crippen LogP contribution in [0.3, 0.4) is 0 Å². The van der Waals surface area contributed by atoms with Crippen LogP contribution < -0.4 is 0 Å². The van der Waals surface area contributed by atoms with Crippen LogP contribution in [0.15, 0.2) is 36.7 Å². The summed E-state index contributed by atoms with van der Waals surface area (Å²) in [5.74, 6) is 0.656. The molecule has 1 amide bonds. The zero-order valence-electron chi connectivity index (χ0n) is 12.5. The Morgan fingerprint density at radius 1 is 1.36 bits per heavy atom. The van der Waals surface area contributed by atoms with Gasteiger partial charge in [-0.1, -0.05) is 23.7 Å². The first-order chi connectivity index (χ1) is 10.7. The summed E-state index contributed by atoms with van der Waals surface area (Å²) in [5.41, 5.74) is 2.36. The van der Waals surface area contributed by atoms with Gasteiger partial charge in [-0.15, -0.1) is 0 Å². The number of hydrogen-bond donors (Lipinski definition) is 1. The molecule has 2 heterocycles. The van der Waals surface area contributed by atoms with Gasteiger partial charge in [-0.05, 0) is 42.5 Å². The number of amides is 1. The van der Waals surface area contributed by atoms with E-state index in [0.29, 0.717) is 12.3 Å². The van der Waals surface area contributed by atoms with E-state index in [1.54, 1.807) is 6.20 Å². The SMILES string of the molecule is O=C(CCc1cn[nH]c1)N1CCC[C@H](c2ccc(Cl)cc2)C1. The van der Waals surface area contributed by atoms with Crippen molar-refractivity contribution in [2.45, 2.75) is 31.6 Å². The molecule has 0 radical (unpaired) electrons. The van der Waals surface area contributed by atoms with E-state index in [2.05, 4.69) is 22.3 Å². The third kappa shape index (κ3) is 3.69. The van der Waals surface area contributed by atoms with E-state index in [1.807, 2.05) is 23.2 Å². The van der Waals surface area contributed by atoms with Crippen molar-refractivity contribution in [3.8, 4) is 0 Å². The van der Waals surface area contributed by atoms with Crippen LogP contribution >= 0.6 is 11.6 Å². The molecule has 1 saturated heterocycles. The number of benzene rings is 1. The minimum Gasteiger partial charge on any atom is -0.342 e. The predicted molar refractivity (Wildman–Crippen MR) is 86.9 cm³/mol. The summed E-state index contributed by atoms with van der Waals surface area (Å²) in [5, 5.41) is 7.45. The number of carbonyl (C=O) groups excluding carboxylic acids is 1. The maximum Gasteiger partial charge on any atom is 0.222 e. The van der Waals surface area contributed by atoms with Gasteiger partial charge < -0.3 is 4.90 Å². The fourth-order valence-electron chi connectivity index (χ4n) is 3.03. The average molecular weight is 318 g/mol. The first kappa shape index (κ1) is 15.1. The second-order valence-electron chi connectivity index (χ2n) is 5.84. The highest BCUT2D eigenvalue weighted by Crippen LogP contribution is 2.28. The van der Waals surface area contributed by atoms with Gasteiger partial charge in [-0.3, -0.25) is 9.89 Å². The fourth-order valence-corrected chi connectivity index (χ4v) is 3.16. The molecule has 1 fully saturated rings. The van der Waals surface area contributed by atoms with Crippen molar-refractivity contribution in [1.82, 2.24) is 15.1 Å². The van der Waals surface area contributed by atoms with Crippen LogP contribution in [-0.2, 0) is 11.2 Å². The molecule has 22 heavy (non-hydrogen) atoms. The molecule has 1 N–H and O–H groups in total. The zero-order valence-corrected chi connectivity index (χ0v) is 13.2. The number of hydrogen-bond acceptors (Lipinski definition) is 2. The number of likely N-dealkylation sites (tertiary alicyclic amines) is 1. The quantitative estimate of drug-likeness (QED) is 0.939. The Balaban J connectivity index is 1.57. The van der Waals surface area contributed by atoms with Crippen molar-refractivity contribution in [3.05, 3.63) is 52.8 Å². The number of aromatic nitrogens is 2. The monoisotopic (exact) mass is 317 g/mol. The molecule has 1 aliphatic rings. The minimum absolute atomic E-state index is 0.236. The molecule has 4 nitrogen and oxygen atoms in total. The van der Waals surface area contributed by atoms with Crippen LogP contribution in [0.1, 0.15) is 36.3 Å². The summed E-state index contributed by atoms with van der Waals surface area (Å²) in [4.78, 5) is 14.4. The maximum absolute atomic E-state index is 12.4. The van der Waals surface area contributed by atoms with Crippen LogP contribution in [0.5, 0.6) is 0 Å². The number of H-pyrrole nitrogens is 1. The van der Waals surface area contributed by atoms with E-state index in [4.69, 9.17) is 11.6 Å². The minimum atomic E-state index is 0.236. The Bertz CT molecular complexity index is 609. The van der Waals surface area contributed by atoms with Crippen molar-refractivity contribution in [1.29, 1.82) is 0 Å². The normalized spacial score (nSPS) is 18.4. The molecule has 1 atom stereocenters. The number of aryl methyl sites for hydroxylation is 1. The van der Waals surface area contributed by atoms with Gasteiger partial charge in [0.1, 0.15) is 0 Å². The zero-order chi connectivity index (χ0) is 15.4. The fraction of sp³-hybridized carbons (Fsp3) is 0.412. The van der Waals surface area contributed by atoms with E-state index < -0.39 is 0 Å². The Morgan fingerprint density at radius 2 is 2.18 bits per heavy atom. The molecule has 1 aromatic heterocycles. The van der Waals surface area contributed by atoms with Gasteiger partial charge in [0.05, 0.1) is 6.20 Å². The highest BCUT2D eigenvalue weighted by atomic mass is 35.5. The predicted octanol–water partition coefficient (Wildman–Crippen LogP) is 3.40. The molecular weight excluding hydrogens is 298 g/mol. The van der Waals surface area contributed by atoms with Gasteiger partial charge >= 0.3 is 0 Å². The number of carbonyl (C=O) groups is 1. The summed E-state index contributed by atoms with van der Waals surface area (Å²) in [6.45, 7) is 1.68. The van der Waals surface area contributed by atoms with Crippen molar-refractivity contribution in [2.24, 2.45) is 0 Å². The highest BCUT2D eigenvalue weighted by molar-refractivity contribution is 6.30. The van der Waals surface area contributed by atoms with Crippen molar-refractivity contribution >= 4 is 17.5 Å². The van der Waals surface area contributed by atoms with Crippen LogP contribution in [0.2, 0.25) is 5.02 Å². The standard InChI is InChI=1S/C17H20ClN3O/c18-16-6-4-14(5-7-16)15-2-1-9-21(12-15)17(22)8-3-13-10-19-20-11-13/h4-7,10-11,15H,1-3,8-9,12H2,(H,19,20)/t15-/m0/s1. The van der Waals surface area contributed by atoms with Crippen LogP contribution in [0.25, 0.3) is 0 Å². The van der Waals surface area contributed by atoms with Gasteiger partial charge in [-0.2, -0.15) is 5.10 Å². The third-order valence-electron chi connectivity index (χ3n) is 4.30. The molecule has 3 rings (SSSR count). The van der Waals surface area contributed by atoms with Gasteiger partial charge in [0.2, 0.25) is 5.91 Å². The van der Waals surface area contributed by atoms with Crippen molar-refractivity contribution in [2.75, 3.05) is 13.1 Å². The smallest absolute Gasteiger partial charge is 0.222 e. The van der Waals surface area contributed by atoms with Gasteiger partial charge in [0.15, 0.2) is 0 Å². The molecule has 5 heteroatoms. The summed E-state index contributed by atoms with van der Waals surface area (Å²) in [6.07, 6.45) is 7.11. The molecule has 2 aromatic rings. The van der Waals surface area contributed by atoms with E-state index >= 15 is 0 Å². The molecule has 1 aliphatic heterocycles. The Kier molecular flexibility index (Phi) is 4.78. The Hall–Kier alpha value is -1.81. The summed E-state index contributed by atoms with van der Waals surface area (Å²) in [6, 6.07) is 8.01. The lowest BCUT2D eigenvalue weighted by Crippen LogP contribution is -2.39. The second kappa shape index (κ2) is 6.97. The summed E-state index contributed by atoms with van der Waals surface area (Å²) in [7, 11) is 0. The first-order valence-corrected chi connectivity index (χ1v) is 8.11. The van der Waals surface area contributed by atoms with Crippen LogP contribution in [-0.4, -0.2) is 34.1 Å². The number of nitrogens with one attached hydrogen (secondary N) is 1. The number of piperidine rings is 1. The van der Waals surface area contributed by atoms with Crippen LogP contribution in [0, 0.1) is 0 Å². The average Bonchev–Trinajstić information content (AvgIpc) is 3.07. The molecular formula is C17H20ClN3O. The molecule has 0 spiro atoms. The number of aromatic amines is 1. The largest absolute Gasteiger partial charge is 0.342 e. The van der Waals surface area contributed by atoms with E-state index in [-0.39, 0.29) is 5.91 Å². The Morgan fingerprint density at radius 3 is 2.91 bits per heavy atom. The lowest BCUT2D eigenvalue weighted by atomic mass is 9.90. The van der Waals surface area contributed by atoms with Gasteiger partial charge in [0, 0.05) is 36.6 Å². The number of rotatable bonds is 4. The van der Waals surface area contributed by atoms with Crippen LogP contribution in [0.4, 0.5) is 0 Å². The molecule has 1 aromatic carbocycles. The summed E-state index contributed by atoms with van der Waals surface area (Å²) < 4.78 is 0. The van der Waals surface area contributed by atoms with E-state index in [9.17, 15) is 4.79 Å². The number of nitrogens with zero attached hydrogens (tertiary/aromatic N) is 2.